The van der Waals surface area contributed by atoms with Gasteiger partial charge in [0.15, 0.2) is 0 Å². The van der Waals surface area contributed by atoms with Gasteiger partial charge in [-0.15, -0.1) is 0 Å². The molecule has 0 fully saturated rings. The van der Waals surface area contributed by atoms with Crippen molar-refractivity contribution in [1.29, 1.82) is 5.41 Å². The van der Waals surface area contributed by atoms with Crippen molar-refractivity contribution in [3.05, 3.63) is 12.2 Å². The molecule has 0 saturated carbocycles. The largest absolute Gasteiger partial charge is 0.474 e. The fourth-order valence-corrected chi connectivity index (χ4v) is 1.29. The summed E-state index contributed by atoms with van der Waals surface area (Å²) in [6, 6.07) is 0. The summed E-state index contributed by atoms with van der Waals surface area (Å²) in [4.78, 5) is 0. The molecule has 0 aromatic carbocycles. The number of unbranched alkanes of at least 4 members (excludes halogenated alkanes) is 1. The minimum Gasteiger partial charge on any atom is -0.474 e. The van der Waals surface area contributed by atoms with Crippen LogP contribution in [0.2, 0.25) is 0 Å². The molecule has 0 aromatic heterocycles. The topological polar surface area (TPSA) is 33.1 Å². The van der Waals surface area contributed by atoms with E-state index < -0.39 is 3.79 Å². The lowest BCUT2D eigenvalue weighted by molar-refractivity contribution is 0.339. The van der Waals surface area contributed by atoms with E-state index in [1.807, 2.05) is 6.08 Å². The number of halogens is 3. The van der Waals surface area contributed by atoms with Crippen molar-refractivity contribution < 1.29 is 4.74 Å². The van der Waals surface area contributed by atoms with E-state index in [1.165, 1.54) is 12.8 Å². The number of ether oxygens (including phenoxy) is 1. The smallest absolute Gasteiger partial charge is 0.265 e. The van der Waals surface area contributed by atoms with E-state index in [2.05, 4.69) is 19.9 Å². The highest BCUT2D eigenvalue weighted by Crippen LogP contribution is 2.27. The molecule has 0 unspecified atom stereocenters. The fourth-order valence-electron chi connectivity index (χ4n) is 1.12. The molecule has 16 heavy (non-hydrogen) atoms. The van der Waals surface area contributed by atoms with Crippen LogP contribution in [0.4, 0.5) is 0 Å². The molecule has 1 atom stereocenters. The highest BCUT2D eigenvalue weighted by Gasteiger charge is 2.28. The molecule has 0 rings (SSSR count). The molecule has 0 amide bonds. The summed E-state index contributed by atoms with van der Waals surface area (Å²) in [5, 5.41) is 7.28. The van der Waals surface area contributed by atoms with Crippen molar-refractivity contribution in [1.82, 2.24) is 0 Å². The third-order valence-electron chi connectivity index (χ3n) is 2.06. The van der Waals surface area contributed by atoms with Gasteiger partial charge in [-0.05, 0) is 12.3 Å². The third kappa shape index (κ3) is 8.26. The van der Waals surface area contributed by atoms with Crippen LogP contribution in [0, 0.1) is 11.3 Å². The normalized spacial score (nSPS) is 14.1. The number of nitrogens with one attached hydrogen (secondary N) is 1. The van der Waals surface area contributed by atoms with Gasteiger partial charge in [0.2, 0.25) is 5.90 Å². The van der Waals surface area contributed by atoms with Crippen LogP contribution in [-0.2, 0) is 4.74 Å². The van der Waals surface area contributed by atoms with Crippen LogP contribution in [-0.4, -0.2) is 16.3 Å². The Morgan fingerprint density at radius 2 is 2.06 bits per heavy atom. The van der Waals surface area contributed by atoms with Gasteiger partial charge in [-0.25, -0.2) is 0 Å². The predicted molar refractivity (Wildman–Crippen MR) is 71.8 cm³/mol. The average Bonchev–Trinajstić information content (AvgIpc) is 2.19. The zero-order valence-electron chi connectivity index (χ0n) is 9.60. The number of allylic oxidation sites excluding steroid dienone is 1. The maximum absolute atomic E-state index is 7.28. The van der Waals surface area contributed by atoms with Crippen molar-refractivity contribution in [3.8, 4) is 0 Å². The summed E-state index contributed by atoms with van der Waals surface area (Å²) in [5.41, 5.74) is 0. The molecule has 94 valence electrons. The summed E-state index contributed by atoms with van der Waals surface area (Å²) < 4.78 is 3.20. The van der Waals surface area contributed by atoms with Gasteiger partial charge < -0.3 is 4.74 Å². The van der Waals surface area contributed by atoms with E-state index in [-0.39, 0.29) is 12.5 Å². The standard InChI is InChI=1S/C11H18Cl3NO/c1-3-4-6-9(2)7-5-8-16-10(15)11(12,13)14/h5,7,9,15H,3-4,6,8H2,1-2H3/b7-5+,15-10?/t9-/m1/s1. The number of alkyl halides is 3. The first-order valence-electron chi connectivity index (χ1n) is 5.33. The zero-order valence-corrected chi connectivity index (χ0v) is 11.9. The van der Waals surface area contributed by atoms with Crippen molar-refractivity contribution in [2.45, 2.75) is 36.9 Å². The maximum Gasteiger partial charge on any atom is 0.265 e. The van der Waals surface area contributed by atoms with Crippen molar-refractivity contribution in [3.63, 3.8) is 0 Å². The molecule has 1 N–H and O–H groups in total. The van der Waals surface area contributed by atoms with Crippen molar-refractivity contribution in [2.75, 3.05) is 6.61 Å². The van der Waals surface area contributed by atoms with E-state index >= 15 is 0 Å². The molecule has 0 radical (unpaired) electrons. The second-order valence-corrected chi connectivity index (χ2v) is 5.97. The number of rotatable bonds is 6. The SMILES string of the molecule is CCCC[C@@H](C)/C=C/COC(=N)C(Cl)(Cl)Cl. The average molecular weight is 287 g/mol. The second-order valence-electron chi connectivity index (χ2n) is 3.69. The molecule has 0 aliphatic carbocycles. The first kappa shape index (κ1) is 16.1. The van der Waals surface area contributed by atoms with Gasteiger partial charge in [0.05, 0.1) is 0 Å². The van der Waals surface area contributed by atoms with E-state index in [0.717, 1.165) is 6.42 Å². The van der Waals surface area contributed by atoms with E-state index in [1.54, 1.807) is 0 Å². The molecule has 0 aromatic rings. The Hall–Kier alpha value is 0.0800. The molecule has 2 nitrogen and oxygen atoms in total. The van der Waals surface area contributed by atoms with Crippen molar-refractivity contribution in [2.24, 2.45) is 5.92 Å². The number of hydrogen-bond donors (Lipinski definition) is 1. The molecular formula is C11H18Cl3NO. The molecule has 0 spiro atoms. The Morgan fingerprint density at radius 3 is 2.56 bits per heavy atom. The van der Waals surface area contributed by atoms with Crippen LogP contribution in [0.25, 0.3) is 0 Å². The lowest BCUT2D eigenvalue weighted by Crippen LogP contribution is -2.21. The summed E-state index contributed by atoms with van der Waals surface area (Å²) >= 11 is 16.4. The highest BCUT2D eigenvalue weighted by atomic mass is 35.6. The molecule has 0 aliphatic rings. The molecule has 0 bridgehead atoms. The lowest BCUT2D eigenvalue weighted by atomic mass is 10.0. The van der Waals surface area contributed by atoms with Crippen LogP contribution in [0.5, 0.6) is 0 Å². The van der Waals surface area contributed by atoms with Crippen LogP contribution in [0.3, 0.4) is 0 Å². The van der Waals surface area contributed by atoms with Gasteiger partial charge in [-0.1, -0.05) is 73.6 Å². The Kier molecular flexibility index (Phi) is 8.25. The summed E-state index contributed by atoms with van der Waals surface area (Å²) in [6.45, 7) is 4.58. The van der Waals surface area contributed by atoms with E-state index in [0.29, 0.717) is 5.92 Å². The molecule has 0 aliphatic heterocycles. The fraction of sp³-hybridized carbons (Fsp3) is 0.727. The third-order valence-corrected chi connectivity index (χ3v) is 2.57. The van der Waals surface area contributed by atoms with Gasteiger partial charge in [0.1, 0.15) is 6.61 Å². The van der Waals surface area contributed by atoms with Crippen LogP contribution < -0.4 is 0 Å². The van der Waals surface area contributed by atoms with Gasteiger partial charge in [-0.2, -0.15) is 0 Å². The van der Waals surface area contributed by atoms with Gasteiger partial charge >= 0.3 is 0 Å². The minimum absolute atomic E-state index is 0.267. The van der Waals surface area contributed by atoms with Crippen LogP contribution >= 0.6 is 34.8 Å². The quantitative estimate of drug-likeness (QED) is 0.325. The van der Waals surface area contributed by atoms with Crippen LogP contribution in [0.1, 0.15) is 33.1 Å². The molecule has 5 heteroatoms. The lowest BCUT2D eigenvalue weighted by Gasteiger charge is -2.12. The minimum atomic E-state index is -1.76. The zero-order chi connectivity index (χ0) is 12.6. The first-order valence-corrected chi connectivity index (χ1v) is 6.46. The predicted octanol–water partition coefficient (Wildman–Crippen LogP) is 4.73. The second kappa shape index (κ2) is 8.21. The summed E-state index contributed by atoms with van der Waals surface area (Å²) in [7, 11) is 0. The van der Waals surface area contributed by atoms with Crippen LogP contribution in [0.15, 0.2) is 12.2 Å². The Morgan fingerprint density at radius 1 is 1.44 bits per heavy atom. The molecular weight excluding hydrogens is 268 g/mol. The number of hydrogen-bond acceptors (Lipinski definition) is 2. The first-order chi connectivity index (χ1) is 7.38. The summed E-state index contributed by atoms with van der Waals surface area (Å²) in [5.74, 6) is 0.175. The van der Waals surface area contributed by atoms with Crippen molar-refractivity contribution >= 4 is 40.7 Å². The maximum atomic E-state index is 7.28. The Balaban J connectivity index is 3.73. The Labute approximate surface area is 112 Å². The monoisotopic (exact) mass is 285 g/mol. The molecule has 0 heterocycles. The Bertz CT molecular complexity index is 236. The van der Waals surface area contributed by atoms with E-state index in [4.69, 9.17) is 44.9 Å². The summed E-state index contributed by atoms with van der Waals surface area (Å²) in [6.07, 6.45) is 7.49. The highest BCUT2D eigenvalue weighted by molar-refractivity contribution is 6.76. The van der Waals surface area contributed by atoms with Gasteiger partial charge in [-0.3, -0.25) is 5.41 Å². The van der Waals surface area contributed by atoms with Gasteiger partial charge in [0, 0.05) is 0 Å². The van der Waals surface area contributed by atoms with Gasteiger partial charge in [0.25, 0.3) is 3.79 Å². The van der Waals surface area contributed by atoms with E-state index in [9.17, 15) is 0 Å². The molecule has 0 saturated heterocycles.